The normalized spacial score (nSPS) is 14.5. The summed E-state index contributed by atoms with van der Waals surface area (Å²) in [6.07, 6.45) is 2.47. The van der Waals surface area contributed by atoms with E-state index in [-0.39, 0.29) is 25.1 Å². The maximum Gasteiger partial charge on any atom is 0.323 e. The number of fused-ring (bicyclic) bond motifs is 1. The number of hydrogen-bond acceptors (Lipinski definition) is 3. The molecule has 1 unspecified atom stereocenters. The molecule has 1 aliphatic rings. The molecule has 0 saturated heterocycles. The van der Waals surface area contributed by atoms with Gasteiger partial charge in [0.05, 0.1) is 5.57 Å². The molecular formula is C16H19NO4. The van der Waals surface area contributed by atoms with Crippen molar-refractivity contribution in [1.29, 1.82) is 0 Å². The van der Waals surface area contributed by atoms with Gasteiger partial charge in [-0.05, 0) is 25.5 Å². The Bertz CT molecular complexity index is 579. The van der Waals surface area contributed by atoms with E-state index in [2.05, 4.69) is 0 Å². The Labute approximate surface area is 123 Å². The van der Waals surface area contributed by atoms with Crippen molar-refractivity contribution in [2.45, 2.75) is 26.3 Å². The smallest absolute Gasteiger partial charge is 0.323 e. The second kappa shape index (κ2) is 6.43. The fourth-order valence-corrected chi connectivity index (χ4v) is 2.22. The van der Waals surface area contributed by atoms with Crippen molar-refractivity contribution < 1.29 is 19.4 Å². The summed E-state index contributed by atoms with van der Waals surface area (Å²) in [6.45, 7) is 3.64. The van der Waals surface area contributed by atoms with Gasteiger partial charge in [-0.25, -0.2) is 0 Å². The molecule has 0 fully saturated rings. The van der Waals surface area contributed by atoms with Gasteiger partial charge in [0.1, 0.15) is 18.9 Å². The van der Waals surface area contributed by atoms with Gasteiger partial charge in [0.2, 0.25) is 0 Å². The lowest BCUT2D eigenvalue weighted by atomic mass is 10.1. The Balaban J connectivity index is 2.25. The van der Waals surface area contributed by atoms with E-state index in [1.54, 1.807) is 6.08 Å². The third kappa shape index (κ3) is 3.42. The third-order valence-corrected chi connectivity index (χ3v) is 3.60. The molecule has 1 N–H and O–H groups in total. The van der Waals surface area contributed by atoms with Gasteiger partial charge in [0, 0.05) is 11.6 Å². The van der Waals surface area contributed by atoms with Crippen LogP contribution >= 0.6 is 0 Å². The van der Waals surface area contributed by atoms with E-state index < -0.39 is 5.97 Å². The highest BCUT2D eigenvalue weighted by Crippen LogP contribution is 2.26. The highest BCUT2D eigenvalue weighted by molar-refractivity contribution is 6.00. The molecule has 1 atom stereocenters. The molecule has 1 aromatic carbocycles. The fourth-order valence-electron chi connectivity index (χ4n) is 2.22. The molecule has 1 aliphatic heterocycles. The Morgan fingerprint density at radius 1 is 1.38 bits per heavy atom. The van der Waals surface area contributed by atoms with Crippen LogP contribution < -0.4 is 4.74 Å². The number of rotatable bonds is 5. The number of carboxylic acid groups (broad SMARTS) is 1. The Morgan fingerprint density at radius 2 is 2.10 bits per heavy atom. The van der Waals surface area contributed by atoms with E-state index in [0.29, 0.717) is 12.0 Å². The zero-order valence-corrected chi connectivity index (χ0v) is 12.2. The zero-order chi connectivity index (χ0) is 15.4. The standard InChI is InChI=1S/C16H19NO4/c1-3-11(2)17(9-15(18)19)16(20)13-8-12-6-4-5-7-14(12)21-10-13/h4-8,11H,3,9-10H2,1-2H3,(H,18,19). The second-order valence-electron chi connectivity index (χ2n) is 5.08. The predicted molar refractivity (Wildman–Crippen MR) is 79.0 cm³/mol. The maximum absolute atomic E-state index is 12.6. The number of carbonyl (C=O) groups excluding carboxylic acids is 1. The molecule has 5 heteroatoms. The number of nitrogens with zero attached hydrogens (tertiary/aromatic N) is 1. The van der Waals surface area contributed by atoms with Gasteiger partial charge in [0.25, 0.3) is 5.91 Å². The van der Waals surface area contributed by atoms with E-state index in [1.807, 2.05) is 38.1 Å². The number of carbonyl (C=O) groups is 2. The molecule has 0 saturated carbocycles. The molecule has 0 radical (unpaired) electrons. The summed E-state index contributed by atoms with van der Waals surface area (Å²) in [4.78, 5) is 24.9. The molecular weight excluding hydrogens is 270 g/mol. The number of amides is 1. The van der Waals surface area contributed by atoms with E-state index in [1.165, 1.54) is 4.90 Å². The van der Waals surface area contributed by atoms with Crippen LogP contribution in [0.1, 0.15) is 25.8 Å². The Morgan fingerprint density at radius 3 is 2.76 bits per heavy atom. The van der Waals surface area contributed by atoms with Crippen LogP contribution in [0.15, 0.2) is 29.8 Å². The third-order valence-electron chi connectivity index (χ3n) is 3.60. The Hall–Kier alpha value is -2.30. The fraction of sp³-hybridized carbons (Fsp3) is 0.375. The van der Waals surface area contributed by atoms with Crippen LogP contribution in [0.2, 0.25) is 0 Å². The SMILES string of the molecule is CCC(C)N(CC(=O)O)C(=O)C1=Cc2ccccc2OC1. The van der Waals surface area contributed by atoms with Crippen molar-refractivity contribution in [2.24, 2.45) is 0 Å². The summed E-state index contributed by atoms with van der Waals surface area (Å²) < 4.78 is 5.56. The summed E-state index contributed by atoms with van der Waals surface area (Å²) in [5.41, 5.74) is 1.32. The van der Waals surface area contributed by atoms with Crippen molar-refractivity contribution >= 4 is 18.0 Å². The van der Waals surface area contributed by atoms with Crippen LogP contribution in [0.4, 0.5) is 0 Å². The van der Waals surface area contributed by atoms with Gasteiger partial charge < -0.3 is 14.7 Å². The predicted octanol–water partition coefficient (Wildman–Crippen LogP) is 2.17. The van der Waals surface area contributed by atoms with E-state index >= 15 is 0 Å². The van der Waals surface area contributed by atoms with Gasteiger partial charge in [-0.2, -0.15) is 0 Å². The molecule has 0 spiro atoms. The quantitative estimate of drug-likeness (QED) is 0.902. The lowest BCUT2D eigenvalue weighted by Crippen LogP contribution is -2.43. The minimum absolute atomic E-state index is 0.133. The van der Waals surface area contributed by atoms with Gasteiger partial charge in [-0.15, -0.1) is 0 Å². The first-order chi connectivity index (χ1) is 10.0. The Kier molecular flexibility index (Phi) is 4.62. The number of aliphatic carboxylic acids is 1. The molecule has 1 heterocycles. The van der Waals surface area contributed by atoms with Crippen LogP contribution in [0.3, 0.4) is 0 Å². The second-order valence-corrected chi connectivity index (χ2v) is 5.08. The van der Waals surface area contributed by atoms with Crippen molar-refractivity contribution in [3.8, 4) is 5.75 Å². The molecule has 0 aromatic heterocycles. The lowest BCUT2D eigenvalue weighted by molar-refractivity contribution is -0.144. The molecule has 0 bridgehead atoms. The van der Waals surface area contributed by atoms with E-state index in [0.717, 1.165) is 11.3 Å². The van der Waals surface area contributed by atoms with Crippen LogP contribution in [-0.4, -0.2) is 41.1 Å². The van der Waals surface area contributed by atoms with Crippen molar-refractivity contribution in [3.63, 3.8) is 0 Å². The largest absolute Gasteiger partial charge is 0.488 e. The molecule has 1 amide bonds. The number of para-hydroxylation sites is 1. The summed E-state index contributed by atoms with van der Waals surface area (Å²) in [5, 5.41) is 8.99. The van der Waals surface area contributed by atoms with Crippen LogP contribution in [-0.2, 0) is 9.59 Å². The lowest BCUT2D eigenvalue weighted by Gasteiger charge is -2.29. The number of carboxylic acids is 1. The number of ether oxygens (including phenoxy) is 1. The highest BCUT2D eigenvalue weighted by Gasteiger charge is 2.26. The first-order valence-corrected chi connectivity index (χ1v) is 6.98. The van der Waals surface area contributed by atoms with Crippen molar-refractivity contribution in [2.75, 3.05) is 13.2 Å². The summed E-state index contributed by atoms with van der Waals surface area (Å²) >= 11 is 0. The monoisotopic (exact) mass is 289 g/mol. The summed E-state index contributed by atoms with van der Waals surface area (Å²) in [7, 11) is 0. The van der Waals surface area contributed by atoms with Crippen LogP contribution in [0.5, 0.6) is 5.75 Å². The van der Waals surface area contributed by atoms with Crippen LogP contribution in [0.25, 0.3) is 6.08 Å². The summed E-state index contributed by atoms with van der Waals surface area (Å²) in [6, 6.07) is 7.32. The van der Waals surface area contributed by atoms with Gasteiger partial charge in [0.15, 0.2) is 0 Å². The molecule has 5 nitrogen and oxygen atoms in total. The first-order valence-electron chi connectivity index (χ1n) is 6.98. The van der Waals surface area contributed by atoms with E-state index in [9.17, 15) is 9.59 Å². The van der Waals surface area contributed by atoms with Gasteiger partial charge in [-0.3, -0.25) is 9.59 Å². The topological polar surface area (TPSA) is 66.8 Å². The van der Waals surface area contributed by atoms with E-state index in [4.69, 9.17) is 9.84 Å². The molecule has 2 rings (SSSR count). The highest BCUT2D eigenvalue weighted by atomic mass is 16.5. The van der Waals surface area contributed by atoms with Crippen molar-refractivity contribution in [3.05, 3.63) is 35.4 Å². The number of benzene rings is 1. The number of hydrogen-bond donors (Lipinski definition) is 1. The maximum atomic E-state index is 12.6. The molecule has 21 heavy (non-hydrogen) atoms. The van der Waals surface area contributed by atoms with Gasteiger partial charge in [-0.1, -0.05) is 25.1 Å². The minimum Gasteiger partial charge on any atom is -0.488 e. The van der Waals surface area contributed by atoms with Crippen LogP contribution in [0, 0.1) is 0 Å². The molecule has 112 valence electrons. The van der Waals surface area contributed by atoms with Gasteiger partial charge >= 0.3 is 5.97 Å². The molecule has 1 aromatic rings. The average Bonchev–Trinajstić information content (AvgIpc) is 2.50. The average molecular weight is 289 g/mol. The zero-order valence-electron chi connectivity index (χ0n) is 12.2. The molecule has 0 aliphatic carbocycles. The summed E-state index contributed by atoms with van der Waals surface area (Å²) in [5.74, 6) is -0.551. The first kappa shape index (κ1) is 15.1. The minimum atomic E-state index is -1.01. The van der Waals surface area contributed by atoms with Crippen molar-refractivity contribution in [1.82, 2.24) is 4.90 Å².